The van der Waals surface area contributed by atoms with Gasteiger partial charge >= 0.3 is 5.97 Å². The van der Waals surface area contributed by atoms with Gasteiger partial charge in [-0.1, -0.05) is 5.16 Å². The molecule has 3 heterocycles. The molecule has 4 N–H and O–H groups in total. The predicted molar refractivity (Wildman–Crippen MR) is 96.5 cm³/mol. The largest absolute Gasteiger partial charge is 0.504 e. The Kier molecular flexibility index (Phi) is 4.01. The van der Waals surface area contributed by atoms with E-state index in [0.717, 1.165) is 4.90 Å². The van der Waals surface area contributed by atoms with E-state index >= 15 is 0 Å². The van der Waals surface area contributed by atoms with Gasteiger partial charge in [0.05, 0.1) is 13.0 Å². The first kappa shape index (κ1) is 19.1. The quantitative estimate of drug-likeness (QED) is 0.299. The number of amides is 1. The Labute approximate surface area is 164 Å². The molecule has 1 aromatic carbocycles. The Hall–Kier alpha value is -3.28. The molecular weight excluding hydrogens is 406 g/mol. The van der Waals surface area contributed by atoms with Gasteiger partial charge in [0, 0.05) is 17.8 Å². The number of carboxylic acids is 1. The molecule has 2 aliphatic heterocycles. The van der Waals surface area contributed by atoms with Crippen molar-refractivity contribution in [2.75, 3.05) is 5.32 Å². The van der Waals surface area contributed by atoms with Gasteiger partial charge in [-0.3, -0.25) is 4.79 Å². The van der Waals surface area contributed by atoms with Crippen LogP contribution in [0.3, 0.4) is 0 Å². The van der Waals surface area contributed by atoms with Crippen molar-refractivity contribution < 1.29 is 37.8 Å². The third kappa shape index (κ3) is 2.55. The van der Waals surface area contributed by atoms with E-state index in [1.54, 1.807) is 0 Å². The highest BCUT2D eigenvalue weighted by atomic mass is 32.2. The summed E-state index contributed by atoms with van der Waals surface area (Å²) in [4.78, 5) is 24.6. The number of carbonyl (C=O) groups excluding carboxylic acids is 1. The smallest absolute Gasteiger partial charge is 0.328 e. The Bertz CT molecular complexity index is 1130. The summed E-state index contributed by atoms with van der Waals surface area (Å²) in [6.07, 6.45) is -0.252. The van der Waals surface area contributed by atoms with Gasteiger partial charge in [0.25, 0.3) is 0 Å². The van der Waals surface area contributed by atoms with Crippen LogP contribution >= 0.6 is 0 Å². The van der Waals surface area contributed by atoms with Crippen LogP contribution in [0.4, 0.5) is 5.69 Å². The molecular formula is C17H17N3O8S. The van der Waals surface area contributed by atoms with Crippen molar-refractivity contribution in [2.24, 2.45) is 0 Å². The van der Waals surface area contributed by atoms with Crippen molar-refractivity contribution in [3.05, 3.63) is 35.7 Å². The maximum atomic E-state index is 13.0. The van der Waals surface area contributed by atoms with E-state index in [1.807, 2.05) is 0 Å². The number of sulfone groups is 1. The Morgan fingerprint density at radius 3 is 2.69 bits per heavy atom. The van der Waals surface area contributed by atoms with Crippen molar-refractivity contribution in [1.29, 1.82) is 0 Å². The number of phenols is 2. The maximum absolute atomic E-state index is 13.0. The highest BCUT2D eigenvalue weighted by Crippen LogP contribution is 2.51. The van der Waals surface area contributed by atoms with E-state index in [1.165, 1.54) is 31.2 Å². The van der Waals surface area contributed by atoms with Crippen LogP contribution in [0, 0.1) is 0 Å². The SMILES string of the molecule is C[C@]1(c2cc(CNc3ccc(O)c(O)c3)on2)[C@H](C(=O)O)N2C(=O)C[C@H]2S1(=O)=O. The fourth-order valence-electron chi connectivity index (χ4n) is 3.77. The van der Waals surface area contributed by atoms with Crippen molar-refractivity contribution >= 4 is 27.4 Å². The molecule has 4 rings (SSSR count). The lowest BCUT2D eigenvalue weighted by atomic mass is 9.93. The molecule has 2 aromatic rings. The number of carbonyl (C=O) groups is 2. The average Bonchev–Trinajstić information content (AvgIpc) is 3.17. The van der Waals surface area contributed by atoms with Crippen LogP contribution in [0.25, 0.3) is 0 Å². The molecule has 0 radical (unpaired) electrons. The molecule has 12 heteroatoms. The number of benzene rings is 1. The first-order valence-electron chi connectivity index (χ1n) is 8.56. The first-order valence-corrected chi connectivity index (χ1v) is 10.1. The highest BCUT2D eigenvalue weighted by molar-refractivity contribution is 7.93. The fraction of sp³-hybridized carbons (Fsp3) is 0.353. The second-order valence-corrected chi connectivity index (χ2v) is 9.57. The number of aromatic nitrogens is 1. The number of aliphatic carboxylic acids is 1. The third-order valence-electron chi connectivity index (χ3n) is 5.44. The van der Waals surface area contributed by atoms with E-state index < -0.39 is 37.9 Å². The Morgan fingerprint density at radius 2 is 2.07 bits per heavy atom. The molecule has 154 valence electrons. The van der Waals surface area contributed by atoms with Gasteiger partial charge in [0.2, 0.25) is 5.91 Å². The van der Waals surface area contributed by atoms with E-state index in [0.29, 0.717) is 5.69 Å². The topological polar surface area (TPSA) is 170 Å². The van der Waals surface area contributed by atoms with Gasteiger partial charge in [0.15, 0.2) is 33.1 Å². The molecule has 29 heavy (non-hydrogen) atoms. The summed E-state index contributed by atoms with van der Waals surface area (Å²) < 4.78 is 29.2. The Morgan fingerprint density at radius 1 is 1.34 bits per heavy atom. The molecule has 0 unspecified atom stereocenters. The van der Waals surface area contributed by atoms with Crippen LogP contribution in [0.2, 0.25) is 0 Å². The van der Waals surface area contributed by atoms with Gasteiger partial charge in [-0.15, -0.1) is 0 Å². The second kappa shape index (κ2) is 6.11. The van der Waals surface area contributed by atoms with E-state index in [2.05, 4.69) is 10.5 Å². The van der Waals surface area contributed by atoms with Gasteiger partial charge in [0.1, 0.15) is 15.8 Å². The summed E-state index contributed by atoms with van der Waals surface area (Å²) in [5.41, 5.74) is 0.355. The number of fused-ring (bicyclic) bond motifs is 1. The molecule has 1 amide bonds. The number of rotatable bonds is 5. The van der Waals surface area contributed by atoms with Crippen LogP contribution in [-0.4, -0.2) is 57.1 Å². The molecule has 11 nitrogen and oxygen atoms in total. The molecule has 0 spiro atoms. The lowest BCUT2D eigenvalue weighted by molar-refractivity contribution is -0.157. The van der Waals surface area contributed by atoms with Gasteiger partial charge in [-0.2, -0.15) is 0 Å². The number of nitrogens with zero attached hydrogens (tertiary/aromatic N) is 2. The minimum atomic E-state index is -4.05. The van der Waals surface area contributed by atoms with Gasteiger partial charge < -0.3 is 30.1 Å². The van der Waals surface area contributed by atoms with Crippen molar-refractivity contribution in [2.45, 2.75) is 36.1 Å². The van der Waals surface area contributed by atoms with E-state index in [4.69, 9.17) is 4.52 Å². The molecule has 0 bridgehead atoms. The number of nitrogens with one attached hydrogen (secondary N) is 1. The van der Waals surface area contributed by atoms with Crippen molar-refractivity contribution in [3.63, 3.8) is 0 Å². The summed E-state index contributed by atoms with van der Waals surface area (Å²) in [6.45, 7) is 1.29. The van der Waals surface area contributed by atoms with E-state index in [9.17, 15) is 33.3 Å². The summed E-state index contributed by atoms with van der Waals surface area (Å²) in [5, 5.41) is 34.0. The zero-order chi connectivity index (χ0) is 21.1. The standard InChI is InChI=1S/C17H17N3O8S/c1-17(15(16(24)25)20-13(23)6-14(20)29(17,26)27)12-5-9(28-19-12)7-18-8-2-3-10(21)11(22)4-8/h2-5,14-15,18,21-22H,6-7H2,1H3,(H,24,25)/t14-,15+,17+/m1/s1. The summed E-state index contributed by atoms with van der Waals surface area (Å²) >= 11 is 0. The van der Waals surface area contributed by atoms with Gasteiger partial charge in [-0.05, 0) is 19.1 Å². The third-order valence-corrected chi connectivity index (χ3v) is 8.16. The molecule has 2 aliphatic rings. The monoisotopic (exact) mass is 423 g/mol. The normalized spacial score (nSPS) is 27.3. The number of phenolic OH excluding ortho intramolecular Hbond substituents is 2. The lowest BCUT2D eigenvalue weighted by Crippen LogP contribution is -2.57. The molecule has 2 saturated heterocycles. The number of hydrogen-bond donors (Lipinski definition) is 4. The first-order chi connectivity index (χ1) is 13.6. The molecule has 0 aliphatic carbocycles. The maximum Gasteiger partial charge on any atom is 0.328 e. The number of carboxylic acid groups (broad SMARTS) is 1. The molecule has 3 atom stereocenters. The second-order valence-electron chi connectivity index (χ2n) is 7.09. The van der Waals surface area contributed by atoms with Crippen LogP contribution in [0.5, 0.6) is 11.5 Å². The average molecular weight is 423 g/mol. The van der Waals surface area contributed by atoms with Crippen LogP contribution < -0.4 is 5.32 Å². The minimum absolute atomic E-state index is 0.0527. The summed E-state index contributed by atoms with van der Waals surface area (Å²) in [7, 11) is -4.05. The predicted octanol–water partition coefficient (Wildman–Crippen LogP) is 0.353. The zero-order valence-corrected chi connectivity index (χ0v) is 15.9. The van der Waals surface area contributed by atoms with Gasteiger partial charge in [-0.25, -0.2) is 13.2 Å². The van der Waals surface area contributed by atoms with Crippen LogP contribution in [0.15, 0.2) is 28.8 Å². The fourth-order valence-corrected chi connectivity index (χ4v) is 6.15. The highest BCUT2D eigenvalue weighted by Gasteiger charge is 2.71. The van der Waals surface area contributed by atoms with Crippen molar-refractivity contribution in [1.82, 2.24) is 10.1 Å². The molecule has 2 fully saturated rings. The summed E-state index contributed by atoms with van der Waals surface area (Å²) in [6, 6.07) is 3.81. The van der Waals surface area contributed by atoms with Crippen molar-refractivity contribution in [3.8, 4) is 11.5 Å². The molecule has 1 aromatic heterocycles. The van der Waals surface area contributed by atoms with Crippen LogP contribution in [0.1, 0.15) is 24.8 Å². The number of aromatic hydroxyl groups is 2. The Balaban J connectivity index is 1.63. The number of hydrogen-bond acceptors (Lipinski definition) is 9. The zero-order valence-electron chi connectivity index (χ0n) is 15.1. The lowest BCUT2D eigenvalue weighted by Gasteiger charge is -2.35. The van der Waals surface area contributed by atoms with E-state index in [-0.39, 0.29) is 35.9 Å². The summed E-state index contributed by atoms with van der Waals surface area (Å²) in [5.74, 6) is -2.36. The molecule has 0 saturated carbocycles. The number of β-lactam (4-membered cyclic amide) rings is 1. The minimum Gasteiger partial charge on any atom is -0.504 e. The number of anilines is 1. The van der Waals surface area contributed by atoms with Crippen LogP contribution in [-0.2, 0) is 30.7 Å².